The molecule has 1 fully saturated rings. The summed E-state index contributed by atoms with van der Waals surface area (Å²) in [6.07, 6.45) is 5.75. The molecular weight excluding hydrogens is 152 g/mol. The number of hydrogen-bond acceptors (Lipinski definition) is 2. The molecule has 0 amide bonds. The zero-order valence-electron chi connectivity index (χ0n) is 6.95. The van der Waals surface area contributed by atoms with Crippen molar-refractivity contribution in [3.63, 3.8) is 0 Å². The van der Waals surface area contributed by atoms with Crippen molar-refractivity contribution in [1.29, 1.82) is 0 Å². The summed E-state index contributed by atoms with van der Waals surface area (Å²) in [5.74, 6) is 2.21. The summed E-state index contributed by atoms with van der Waals surface area (Å²) >= 11 is 0. The van der Waals surface area contributed by atoms with Crippen molar-refractivity contribution in [3.8, 4) is 0 Å². The zero-order chi connectivity index (χ0) is 8.39. The van der Waals surface area contributed by atoms with Crippen molar-refractivity contribution in [2.75, 3.05) is 0 Å². The normalized spacial score (nSPS) is 17.3. The third kappa shape index (κ3) is 1.42. The van der Waals surface area contributed by atoms with E-state index in [2.05, 4.69) is 0 Å². The van der Waals surface area contributed by atoms with Crippen LogP contribution < -0.4 is 0 Å². The molecular formula is C10H12O2. The Labute approximate surface area is 71.6 Å². The van der Waals surface area contributed by atoms with Gasteiger partial charge in [-0.3, -0.25) is 4.79 Å². The maximum Gasteiger partial charge on any atom is 0.185 e. The molecule has 0 bridgehead atoms. The fraction of sp³-hybridized carbons (Fsp3) is 0.500. The number of hydrogen-bond donors (Lipinski definition) is 0. The smallest absolute Gasteiger partial charge is 0.185 e. The first kappa shape index (κ1) is 7.59. The summed E-state index contributed by atoms with van der Waals surface area (Å²) in [7, 11) is 0. The Balaban J connectivity index is 1.97. The number of furan rings is 1. The summed E-state index contributed by atoms with van der Waals surface area (Å²) < 4.78 is 5.27. The first-order valence-corrected chi connectivity index (χ1v) is 4.42. The average Bonchev–Trinajstić information content (AvgIpc) is 2.44. The van der Waals surface area contributed by atoms with Crippen LogP contribution in [0.15, 0.2) is 16.5 Å². The van der Waals surface area contributed by atoms with E-state index in [1.807, 2.05) is 6.07 Å². The second-order valence-electron chi connectivity index (χ2n) is 3.42. The van der Waals surface area contributed by atoms with E-state index in [9.17, 15) is 4.79 Å². The van der Waals surface area contributed by atoms with E-state index < -0.39 is 0 Å². The maximum absolute atomic E-state index is 10.3. The Morgan fingerprint density at radius 3 is 2.83 bits per heavy atom. The van der Waals surface area contributed by atoms with Crippen LogP contribution in [-0.2, 0) is 6.42 Å². The van der Waals surface area contributed by atoms with Gasteiger partial charge in [-0.25, -0.2) is 0 Å². The minimum atomic E-state index is 0.448. The van der Waals surface area contributed by atoms with E-state index in [0.717, 1.165) is 24.4 Å². The van der Waals surface area contributed by atoms with Gasteiger partial charge in [0.05, 0.1) is 0 Å². The molecule has 0 saturated heterocycles. The van der Waals surface area contributed by atoms with E-state index in [1.54, 1.807) is 6.07 Å². The van der Waals surface area contributed by atoms with Gasteiger partial charge >= 0.3 is 0 Å². The Morgan fingerprint density at radius 1 is 1.50 bits per heavy atom. The van der Waals surface area contributed by atoms with Gasteiger partial charge in [-0.2, -0.15) is 0 Å². The zero-order valence-corrected chi connectivity index (χ0v) is 6.95. The number of carbonyl (C=O) groups is 1. The van der Waals surface area contributed by atoms with Crippen molar-refractivity contribution in [3.05, 3.63) is 23.7 Å². The number of carbonyl (C=O) groups excluding carboxylic acids is 1. The average molecular weight is 164 g/mol. The molecule has 0 unspecified atom stereocenters. The van der Waals surface area contributed by atoms with Crippen molar-refractivity contribution < 1.29 is 9.21 Å². The van der Waals surface area contributed by atoms with Gasteiger partial charge in [-0.05, 0) is 18.1 Å². The van der Waals surface area contributed by atoms with E-state index in [0.29, 0.717) is 5.76 Å². The molecule has 1 aliphatic carbocycles. The highest BCUT2D eigenvalue weighted by Crippen LogP contribution is 2.29. The Kier molecular flexibility index (Phi) is 1.98. The highest BCUT2D eigenvalue weighted by molar-refractivity contribution is 5.70. The standard InChI is InChI=1S/C10H12O2/c11-7-10-5-4-9(12-10)6-8-2-1-3-8/h4-5,7-8H,1-3,6H2. The van der Waals surface area contributed by atoms with Crippen LogP contribution in [0.25, 0.3) is 0 Å². The second kappa shape index (κ2) is 3.13. The first-order valence-electron chi connectivity index (χ1n) is 4.42. The van der Waals surface area contributed by atoms with Gasteiger partial charge in [0, 0.05) is 6.42 Å². The number of aldehydes is 1. The fourth-order valence-electron chi connectivity index (χ4n) is 1.55. The molecule has 0 spiro atoms. The number of rotatable bonds is 3. The minimum Gasteiger partial charge on any atom is -0.458 e. The lowest BCUT2D eigenvalue weighted by atomic mass is 9.82. The van der Waals surface area contributed by atoms with Gasteiger partial charge in [0.15, 0.2) is 12.0 Å². The molecule has 2 nitrogen and oxygen atoms in total. The summed E-state index contributed by atoms with van der Waals surface area (Å²) in [6.45, 7) is 0. The molecule has 2 heteroatoms. The fourth-order valence-corrected chi connectivity index (χ4v) is 1.55. The molecule has 0 N–H and O–H groups in total. The SMILES string of the molecule is O=Cc1ccc(CC2CCC2)o1. The van der Waals surface area contributed by atoms with Crippen LogP contribution in [-0.4, -0.2) is 6.29 Å². The topological polar surface area (TPSA) is 30.2 Å². The van der Waals surface area contributed by atoms with Gasteiger partial charge in [-0.15, -0.1) is 0 Å². The van der Waals surface area contributed by atoms with Gasteiger partial charge in [-0.1, -0.05) is 19.3 Å². The Hall–Kier alpha value is -1.05. The van der Waals surface area contributed by atoms with E-state index in [1.165, 1.54) is 19.3 Å². The largest absolute Gasteiger partial charge is 0.458 e. The van der Waals surface area contributed by atoms with Crippen LogP contribution in [0.2, 0.25) is 0 Å². The van der Waals surface area contributed by atoms with Crippen LogP contribution in [0.5, 0.6) is 0 Å². The molecule has 64 valence electrons. The Bertz CT molecular complexity index is 271. The lowest BCUT2D eigenvalue weighted by molar-refractivity contribution is 0.109. The van der Waals surface area contributed by atoms with E-state index in [4.69, 9.17) is 4.42 Å². The van der Waals surface area contributed by atoms with Crippen LogP contribution in [0.4, 0.5) is 0 Å². The highest BCUT2D eigenvalue weighted by atomic mass is 16.3. The van der Waals surface area contributed by atoms with Crippen molar-refractivity contribution in [1.82, 2.24) is 0 Å². The molecule has 1 aromatic heterocycles. The van der Waals surface area contributed by atoms with Crippen molar-refractivity contribution in [2.24, 2.45) is 5.92 Å². The summed E-state index contributed by atoms with van der Waals surface area (Å²) in [6, 6.07) is 3.64. The van der Waals surface area contributed by atoms with Gasteiger partial charge in [0.25, 0.3) is 0 Å². The van der Waals surface area contributed by atoms with Crippen LogP contribution in [0, 0.1) is 5.92 Å². The van der Waals surface area contributed by atoms with Crippen molar-refractivity contribution >= 4 is 6.29 Å². The van der Waals surface area contributed by atoms with Crippen LogP contribution in [0.3, 0.4) is 0 Å². The van der Waals surface area contributed by atoms with Gasteiger partial charge < -0.3 is 4.42 Å². The molecule has 1 heterocycles. The molecule has 1 aromatic rings. The molecule has 2 rings (SSSR count). The molecule has 0 atom stereocenters. The van der Waals surface area contributed by atoms with Crippen LogP contribution in [0.1, 0.15) is 35.6 Å². The highest BCUT2D eigenvalue weighted by Gasteiger charge is 2.18. The molecule has 0 radical (unpaired) electrons. The third-order valence-corrected chi connectivity index (χ3v) is 2.51. The lowest BCUT2D eigenvalue weighted by Crippen LogP contribution is -2.13. The molecule has 12 heavy (non-hydrogen) atoms. The van der Waals surface area contributed by atoms with Gasteiger partial charge in [0.1, 0.15) is 5.76 Å². The molecule has 1 saturated carbocycles. The molecule has 1 aliphatic rings. The summed E-state index contributed by atoms with van der Waals surface area (Å²) in [5.41, 5.74) is 0. The summed E-state index contributed by atoms with van der Waals surface area (Å²) in [5, 5.41) is 0. The van der Waals surface area contributed by atoms with E-state index >= 15 is 0 Å². The maximum atomic E-state index is 10.3. The van der Waals surface area contributed by atoms with Crippen molar-refractivity contribution in [2.45, 2.75) is 25.7 Å². The minimum absolute atomic E-state index is 0.448. The second-order valence-corrected chi connectivity index (χ2v) is 3.42. The Morgan fingerprint density at radius 2 is 2.33 bits per heavy atom. The predicted molar refractivity (Wildman–Crippen MR) is 45.1 cm³/mol. The monoisotopic (exact) mass is 164 g/mol. The van der Waals surface area contributed by atoms with Gasteiger partial charge in [0.2, 0.25) is 0 Å². The van der Waals surface area contributed by atoms with Crippen LogP contribution >= 0.6 is 0 Å². The first-order chi connectivity index (χ1) is 5.88. The molecule has 0 aromatic carbocycles. The quantitative estimate of drug-likeness (QED) is 0.642. The predicted octanol–water partition coefficient (Wildman–Crippen LogP) is 2.43. The lowest BCUT2D eigenvalue weighted by Gasteiger charge is -2.23. The summed E-state index contributed by atoms with van der Waals surface area (Å²) in [4.78, 5) is 10.3. The van der Waals surface area contributed by atoms with E-state index in [-0.39, 0.29) is 0 Å². The third-order valence-electron chi connectivity index (χ3n) is 2.51. The molecule has 0 aliphatic heterocycles.